The summed E-state index contributed by atoms with van der Waals surface area (Å²) < 4.78 is 1.92. The Morgan fingerprint density at radius 1 is 1.47 bits per heavy atom. The molecule has 0 saturated heterocycles. The van der Waals surface area contributed by atoms with Gasteiger partial charge >= 0.3 is 6.03 Å². The largest absolute Gasteiger partial charge is 0.335 e. The van der Waals surface area contributed by atoms with E-state index in [4.69, 9.17) is 0 Å². The normalized spacial score (nSPS) is 16.3. The Morgan fingerprint density at radius 3 is 2.89 bits per heavy atom. The van der Waals surface area contributed by atoms with Crippen LogP contribution in [0.1, 0.15) is 44.7 Å². The van der Waals surface area contributed by atoms with Crippen molar-refractivity contribution in [3.63, 3.8) is 0 Å². The fraction of sp³-hybridized carbons (Fsp3) is 0.714. The van der Waals surface area contributed by atoms with Crippen LogP contribution in [0.5, 0.6) is 0 Å². The summed E-state index contributed by atoms with van der Waals surface area (Å²) in [5.41, 5.74) is 1.07. The standard InChI is InChI=1S/C14H24N4O/c1-3-18-13(9-10-15-18)11-17(2)14(19)16-12-7-5-4-6-8-12/h9-10,12H,3-8,11H2,1-2H3,(H,16,19). The van der Waals surface area contributed by atoms with Crippen LogP contribution < -0.4 is 5.32 Å². The van der Waals surface area contributed by atoms with E-state index >= 15 is 0 Å². The third kappa shape index (κ3) is 3.72. The van der Waals surface area contributed by atoms with E-state index in [2.05, 4.69) is 17.3 Å². The smallest absolute Gasteiger partial charge is 0.317 e. The average Bonchev–Trinajstić information content (AvgIpc) is 2.87. The number of nitrogens with zero attached hydrogens (tertiary/aromatic N) is 3. The first kappa shape index (κ1) is 13.9. The van der Waals surface area contributed by atoms with Crippen molar-refractivity contribution in [2.75, 3.05) is 7.05 Å². The summed E-state index contributed by atoms with van der Waals surface area (Å²) in [5.74, 6) is 0. The minimum atomic E-state index is 0.0238. The third-order valence-corrected chi connectivity index (χ3v) is 3.78. The molecule has 5 heteroatoms. The maximum Gasteiger partial charge on any atom is 0.317 e. The van der Waals surface area contributed by atoms with Crippen LogP contribution in [-0.2, 0) is 13.1 Å². The number of hydrogen-bond donors (Lipinski definition) is 1. The average molecular weight is 264 g/mol. The Labute approximate surface area is 115 Å². The van der Waals surface area contributed by atoms with Gasteiger partial charge in [0, 0.05) is 25.8 Å². The van der Waals surface area contributed by atoms with Crippen LogP contribution >= 0.6 is 0 Å². The zero-order valence-electron chi connectivity index (χ0n) is 11.9. The summed E-state index contributed by atoms with van der Waals surface area (Å²) >= 11 is 0. The van der Waals surface area contributed by atoms with Gasteiger partial charge in [0.25, 0.3) is 0 Å². The van der Waals surface area contributed by atoms with E-state index in [1.165, 1.54) is 19.3 Å². The molecule has 1 aromatic rings. The highest BCUT2D eigenvalue weighted by atomic mass is 16.2. The van der Waals surface area contributed by atoms with Crippen molar-refractivity contribution in [3.05, 3.63) is 18.0 Å². The number of hydrogen-bond acceptors (Lipinski definition) is 2. The first-order chi connectivity index (χ1) is 9.20. The second kappa shape index (κ2) is 6.59. The van der Waals surface area contributed by atoms with Gasteiger partial charge in [-0.15, -0.1) is 0 Å². The number of carbonyl (C=O) groups is 1. The molecule has 0 radical (unpaired) electrons. The van der Waals surface area contributed by atoms with Gasteiger partial charge < -0.3 is 10.2 Å². The van der Waals surface area contributed by atoms with E-state index in [-0.39, 0.29) is 6.03 Å². The number of nitrogens with one attached hydrogen (secondary N) is 1. The van der Waals surface area contributed by atoms with Gasteiger partial charge in [-0.2, -0.15) is 5.10 Å². The Hall–Kier alpha value is -1.52. The van der Waals surface area contributed by atoms with Gasteiger partial charge in [0.15, 0.2) is 0 Å². The quantitative estimate of drug-likeness (QED) is 0.907. The van der Waals surface area contributed by atoms with Crippen molar-refractivity contribution in [1.29, 1.82) is 0 Å². The molecule has 0 aliphatic heterocycles. The van der Waals surface area contributed by atoms with E-state index in [0.29, 0.717) is 12.6 Å². The van der Waals surface area contributed by atoms with Gasteiger partial charge in [0.2, 0.25) is 0 Å². The highest BCUT2D eigenvalue weighted by molar-refractivity contribution is 5.74. The Kier molecular flexibility index (Phi) is 4.82. The summed E-state index contributed by atoms with van der Waals surface area (Å²) in [5, 5.41) is 7.35. The molecule has 1 N–H and O–H groups in total. The molecular formula is C14H24N4O. The molecule has 1 aliphatic rings. The molecule has 1 aliphatic carbocycles. The van der Waals surface area contributed by atoms with Crippen molar-refractivity contribution >= 4 is 6.03 Å². The summed E-state index contributed by atoms with van der Waals surface area (Å²) in [4.78, 5) is 13.9. The van der Waals surface area contributed by atoms with Crippen LogP contribution in [-0.4, -0.2) is 33.8 Å². The number of aryl methyl sites for hydroxylation is 1. The molecule has 19 heavy (non-hydrogen) atoms. The van der Waals surface area contributed by atoms with E-state index in [9.17, 15) is 4.79 Å². The third-order valence-electron chi connectivity index (χ3n) is 3.78. The van der Waals surface area contributed by atoms with Crippen molar-refractivity contribution in [2.45, 2.75) is 58.2 Å². The molecular weight excluding hydrogens is 240 g/mol. The maximum absolute atomic E-state index is 12.1. The number of rotatable bonds is 4. The molecule has 2 rings (SSSR count). The SMILES string of the molecule is CCn1nccc1CN(C)C(=O)NC1CCCCC1. The van der Waals surface area contributed by atoms with Crippen LogP contribution in [0.2, 0.25) is 0 Å². The minimum absolute atomic E-state index is 0.0238. The predicted octanol–water partition coefficient (Wildman–Crippen LogP) is 2.38. The highest BCUT2D eigenvalue weighted by Crippen LogP contribution is 2.17. The van der Waals surface area contributed by atoms with Crippen LogP contribution in [0, 0.1) is 0 Å². The number of carbonyl (C=O) groups excluding carboxylic acids is 1. The second-order valence-electron chi connectivity index (χ2n) is 5.28. The van der Waals surface area contributed by atoms with Gasteiger partial charge in [0.1, 0.15) is 0 Å². The molecule has 106 valence electrons. The topological polar surface area (TPSA) is 50.2 Å². The molecule has 1 saturated carbocycles. The highest BCUT2D eigenvalue weighted by Gasteiger charge is 2.18. The predicted molar refractivity (Wildman–Crippen MR) is 74.8 cm³/mol. The molecule has 1 heterocycles. The van der Waals surface area contributed by atoms with Crippen molar-refractivity contribution in [1.82, 2.24) is 20.0 Å². The molecule has 1 fully saturated rings. The van der Waals surface area contributed by atoms with Crippen LogP contribution in [0.25, 0.3) is 0 Å². The lowest BCUT2D eigenvalue weighted by atomic mass is 9.96. The second-order valence-corrected chi connectivity index (χ2v) is 5.28. The monoisotopic (exact) mass is 264 g/mol. The van der Waals surface area contributed by atoms with Crippen LogP contribution in [0.15, 0.2) is 12.3 Å². The summed E-state index contributed by atoms with van der Waals surface area (Å²) in [7, 11) is 1.84. The Bertz CT molecular complexity index is 409. The van der Waals surface area contributed by atoms with Crippen molar-refractivity contribution < 1.29 is 4.79 Å². The van der Waals surface area contributed by atoms with Gasteiger partial charge in [-0.25, -0.2) is 4.79 Å². The molecule has 1 aromatic heterocycles. The van der Waals surface area contributed by atoms with Gasteiger partial charge in [-0.1, -0.05) is 19.3 Å². The lowest BCUT2D eigenvalue weighted by molar-refractivity contribution is 0.197. The molecule has 0 atom stereocenters. The minimum Gasteiger partial charge on any atom is -0.335 e. The van der Waals surface area contributed by atoms with Crippen LogP contribution in [0.4, 0.5) is 4.79 Å². The fourth-order valence-electron chi connectivity index (χ4n) is 2.63. The Morgan fingerprint density at radius 2 is 2.21 bits per heavy atom. The zero-order valence-corrected chi connectivity index (χ0v) is 11.9. The molecule has 0 bridgehead atoms. The first-order valence-corrected chi connectivity index (χ1v) is 7.23. The van der Waals surface area contributed by atoms with E-state index in [1.807, 2.05) is 17.8 Å². The van der Waals surface area contributed by atoms with E-state index in [1.54, 1.807) is 11.1 Å². The molecule has 2 amide bonds. The number of urea groups is 1. The van der Waals surface area contributed by atoms with Gasteiger partial charge in [-0.05, 0) is 25.8 Å². The van der Waals surface area contributed by atoms with Crippen molar-refractivity contribution in [3.8, 4) is 0 Å². The van der Waals surface area contributed by atoms with E-state index in [0.717, 1.165) is 25.1 Å². The zero-order chi connectivity index (χ0) is 13.7. The lowest BCUT2D eigenvalue weighted by Gasteiger charge is -2.26. The van der Waals surface area contributed by atoms with E-state index < -0.39 is 0 Å². The molecule has 5 nitrogen and oxygen atoms in total. The van der Waals surface area contributed by atoms with Crippen LogP contribution in [0.3, 0.4) is 0 Å². The summed E-state index contributed by atoms with van der Waals surface area (Å²) in [6.07, 6.45) is 7.79. The van der Waals surface area contributed by atoms with Crippen molar-refractivity contribution in [2.24, 2.45) is 0 Å². The number of amides is 2. The molecule has 0 spiro atoms. The molecule has 0 unspecified atom stereocenters. The summed E-state index contributed by atoms with van der Waals surface area (Å²) in [6.45, 7) is 3.49. The van der Waals surface area contributed by atoms with Gasteiger partial charge in [-0.3, -0.25) is 4.68 Å². The maximum atomic E-state index is 12.1. The Balaban J connectivity index is 1.85. The lowest BCUT2D eigenvalue weighted by Crippen LogP contribution is -2.43. The summed E-state index contributed by atoms with van der Waals surface area (Å²) in [6, 6.07) is 2.35. The number of aromatic nitrogens is 2. The van der Waals surface area contributed by atoms with Gasteiger partial charge in [0.05, 0.1) is 12.2 Å². The fourth-order valence-corrected chi connectivity index (χ4v) is 2.63. The first-order valence-electron chi connectivity index (χ1n) is 7.23. The molecule has 0 aromatic carbocycles.